The van der Waals surface area contributed by atoms with E-state index in [-0.39, 0.29) is 22.5 Å². The van der Waals surface area contributed by atoms with Gasteiger partial charge in [-0.3, -0.25) is 24.4 Å². The predicted octanol–water partition coefficient (Wildman–Crippen LogP) is 9.29. The van der Waals surface area contributed by atoms with Gasteiger partial charge in [-0.25, -0.2) is 4.63 Å². The number of nitrogens with one attached hydrogen (secondary N) is 1. The van der Waals surface area contributed by atoms with Crippen LogP contribution in [0.2, 0.25) is 0 Å². The molecule has 2 aliphatic rings. The first-order valence-electron chi connectivity index (χ1n) is 18.4. The summed E-state index contributed by atoms with van der Waals surface area (Å²) in [6, 6.07) is 12.1. The maximum Gasteiger partial charge on any atom is 0.220 e. The highest BCUT2D eigenvalue weighted by Crippen LogP contribution is 2.40. The van der Waals surface area contributed by atoms with Gasteiger partial charge in [-0.2, -0.15) is 11.8 Å². The minimum Gasteiger partial charge on any atom is -0.352 e. The summed E-state index contributed by atoms with van der Waals surface area (Å²) in [5.41, 5.74) is 6.86. The molecular weight excluding hydrogens is 671 g/mol. The van der Waals surface area contributed by atoms with E-state index in [1.807, 2.05) is 85.4 Å². The number of amides is 1. The predicted molar refractivity (Wildman–Crippen MR) is 210 cm³/mol. The summed E-state index contributed by atoms with van der Waals surface area (Å²) in [5.74, 6) is 2.31. The number of hydrogen-bond acceptors (Lipinski definition) is 9. The first-order valence-corrected chi connectivity index (χ1v) is 19.4. The number of ketones is 2. The fraction of sp³-hybridized carbons (Fsp3) is 0.548. The molecule has 0 unspecified atom stereocenters. The number of aryl methyl sites for hydroxylation is 2. The van der Waals surface area contributed by atoms with Crippen molar-refractivity contribution in [1.29, 1.82) is 0 Å². The molecule has 2 saturated heterocycles. The Morgan fingerprint density at radius 1 is 0.846 bits per heavy atom. The van der Waals surface area contributed by atoms with Crippen LogP contribution in [0.25, 0.3) is 22.4 Å². The summed E-state index contributed by atoms with van der Waals surface area (Å²) in [6.45, 7) is 22.2. The number of Topliss-reactive ketones (excluding diaryl/α,β-unsaturated/α-hetero) is 2. The van der Waals surface area contributed by atoms with Gasteiger partial charge in [-0.1, -0.05) is 80.9 Å². The van der Waals surface area contributed by atoms with Crippen molar-refractivity contribution in [1.82, 2.24) is 25.6 Å². The average molecular weight is 728 g/mol. The molecule has 0 radical (unpaired) electrons. The summed E-state index contributed by atoms with van der Waals surface area (Å²) in [6.07, 6.45) is 8.08. The molecular formula is C42H57N5O4S. The van der Waals surface area contributed by atoms with Crippen molar-refractivity contribution in [2.75, 3.05) is 5.75 Å². The number of benzene rings is 1. The molecule has 0 spiro atoms. The molecule has 52 heavy (non-hydrogen) atoms. The van der Waals surface area contributed by atoms with Gasteiger partial charge in [0.15, 0.2) is 5.78 Å². The van der Waals surface area contributed by atoms with Gasteiger partial charge in [-0.05, 0) is 83.4 Å². The Morgan fingerprint density at radius 2 is 1.50 bits per heavy atom. The third kappa shape index (κ3) is 10.8. The van der Waals surface area contributed by atoms with Gasteiger partial charge in [0, 0.05) is 64.6 Å². The van der Waals surface area contributed by atoms with Crippen molar-refractivity contribution in [3.05, 3.63) is 71.0 Å². The van der Waals surface area contributed by atoms with E-state index in [0.717, 1.165) is 58.6 Å². The lowest BCUT2D eigenvalue weighted by molar-refractivity contribution is -0.126. The van der Waals surface area contributed by atoms with Gasteiger partial charge in [-0.15, -0.1) is 0 Å². The maximum absolute atomic E-state index is 12.3. The molecule has 2 aliphatic heterocycles. The van der Waals surface area contributed by atoms with Crippen LogP contribution in [-0.2, 0) is 15.0 Å². The van der Waals surface area contributed by atoms with Crippen LogP contribution >= 0.6 is 11.8 Å². The summed E-state index contributed by atoms with van der Waals surface area (Å²) < 4.78 is 4.78. The van der Waals surface area contributed by atoms with E-state index in [2.05, 4.69) is 58.5 Å². The number of hydrogen-bond donors (Lipinski definition) is 1. The summed E-state index contributed by atoms with van der Waals surface area (Å²) >= 11 is 2.00. The Morgan fingerprint density at radius 3 is 2.13 bits per heavy atom. The number of carbonyl (C=O) groups is 3. The second-order valence-electron chi connectivity index (χ2n) is 17.2. The fourth-order valence-electron chi connectivity index (χ4n) is 6.36. The number of unbranched alkanes of at least 4 members (excludes halogenated alkanes) is 1. The number of carbonyl (C=O) groups excluding carboxylic acids is 3. The van der Waals surface area contributed by atoms with Crippen LogP contribution in [0.15, 0.2) is 53.4 Å². The van der Waals surface area contributed by atoms with E-state index in [4.69, 9.17) is 4.63 Å². The van der Waals surface area contributed by atoms with Crippen molar-refractivity contribution >= 4 is 40.3 Å². The highest BCUT2D eigenvalue weighted by molar-refractivity contribution is 8.00. The lowest BCUT2D eigenvalue weighted by Crippen LogP contribution is -2.29. The second kappa shape index (κ2) is 16.8. The zero-order chi connectivity index (χ0) is 38.4. The Hall–Kier alpha value is -3.92. The molecule has 3 atom stereocenters. The van der Waals surface area contributed by atoms with Gasteiger partial charge < -0.3 is 5.32 Å². The summed E-state index contributed by atoms with van der Waals surface area (Å²) in [5, 5.41) is 11.5. The van der Waals surface area contributed by atoms with Crippen molar-refractivity contribution in [3.63, 3.8) is 0 Å². The van der Waals surface area contributed by atoms with E-state index >= 15 is 0 Å². The topological polar surface area (TPSA) is 128 Å². The molecule has 4 aromatic rings. The molecule has 1 aromatic carbocycles. The third-order valence-electron chi connectivity index (χ3n) is 9.54. The molecule has 2 fully saturated rings. The Kier molecular flexibility index (Phi) is 13.2. The first kappa shape index (κ1) is 40.8. The van der Waals surface area contributed by atoms with Crippen molar-refractivity contribution in [2.45, 2.75) is 125 Å². The number of nitrogens with zero attached hydrogens (tertiary/aromatic N) is 4. The van der Waals surface area contributed by atoms with Gasteiger partial charge in [0.1, 0.15) is 16.8 Å². The molecule has 1 N–H and O–H groups in total. The van der Waals surface area contributed by atoms with E-state index in [9.17, 15) is 14.4 Å². The molecule has 6 rings (SSSR count). The van der Waals surface area contributed by atoms with Crippen molar-refractivity contribution < 1.29 is 19.0 Å². The maximum atomic E-state index is 12.3. The average Bonchev–Trinajstić information content (AvgIpc) is 3.79. The van der Waals surface area contributed by atoms with Gasteiger partial charge in [0.05, 0.1) is 11.4 Å². The van der Waals surface area contributed by atoms with Gasteiger partial charge in [0.2, 0.25) is 5.91 Å². The smallest absolute Gasteiger partial charge is 0.220 e. The highest BCUT2D eigenvalue weighted by atomic mass is 32.2. The Labute approximate surface area is 313 Å². The van der Waals surface area contributed by atoms with Crippen LogP contribution in [0.3, 0.4) is 0 Å². The zero-order valence-corrected chi connectivity index (χ0v) is 33.7. The van der Waals surface area contributed by atoms with Crippen LogP contribution in [0, 0.1) is 30.6 Å². The first-order chi connectivity index (χ1) is 24.3. The highest BCUT2D eigenvalue weighted by Gasteiger charge is 2.42. The fourth-order valence-corrected chi connectivity index (χ4v) is 8.01. The van der Waals surface area contributed by atoms with Crippen LogP contribution in [-0.4, -0.2) is 54.8 Å². The molecule has 0 bridgehead atoms. The van der Waals surface area contributed by atoms with Crippen molar-refractivity contribution in [3.8, 4) is 11.4 Å². The van der Waals surface area contributed by atoms with Gasteiger partial charge in [0.25, 0.3) is 0 Å². The van der Waals surface area contributed by atoms with E-state index in [0.29, 0.717) is 41.4 Å². The van der Waals surface area contributed by atoms with Crippen LogP contribution in [0.5, 0.6) is 0 Å². The van der Waals surface area contributed by atoms with E-state index < -0.39 is 5.41 Å². The molecule has 0 saturated carbocycles. The minimum atomic E-state index is -0.390. The van der Waals surface area contributed by atoms with Crippen LogP contribution in [0.4, 0.5) is 0 Å². The summed E-state index contributed by atoms with van der Waals surface area (Å²) in [7, 11) is 0. The van der Waals surface area contributed by atoms with Crippen LogP contribution in [0.1, 0.15) is 121 Å². The SMILES string of the molecule is CC(C)(C)C(=O)CCCC[C@@H]1SC[C@@H]2NC(=O)C[C@@H]21.Cc1ccc(C(C)(C)C)c2nonc12.Cc1ccnc(-c2cc(C(=O)C(C)(C)C)ccn2)c1. The van der Waals surface area contributed by atoms with Gasteiger partial charge >= 0.3 is 0 Å². The molecule has 280 valence electrons. The number of fused-ring (bicyclic) bond motifs is 2. The molecule has 0 aliphatic carbocycles. The molecule has 3 aromatic heterocycles. The standard InChI is InChI=1S/C16H18N2O.C15H25NO2S.C11H14N2O/c1-11-5-7-17-13(9-11)14-10-12(6-8-18-14)15(19)16(2,3)4;1-15(2,3)13(17)7-5-4-6-12-10-8-14(18)16-11(10)9-19-12;1-7-5-6-8(11(2,3)4)10-9(7)12-14-13-10/h5-10H,1-4H3;10-12H,4-9H2,1-3H3,(H,16,18);5-6H,1-4H3/t;10-,11-,12-;/m.0./s1. The molecule has 10 heteroatoms. The lowest BCUT2D eigenvalue weighted by Gasteiger charge is -2.18. The van der Waals surface area contributed by atoms with Crippen molar-refractivity contribution in [2.24, 2.45) is 16.7 Å². The monoisotopic (exact) mass is 727 g/mol. The Bertz CT molecular complexity index is 1860. The third-order valence-corrected chi connectivity index (χ3v) is 11.1. The largest absolute Gasteiger partial charge is 0.352 e. The Balaban J connectivity index is 0.000000177. The zero-order valence-electron chi connectivity index (χ0n) is 32.9. The van der Waals surface area contributed by atoms with E-state index in [1.165, 1.54) is 5.56 Å². The molecule has 9 nitrogen and oxygen atoms in total. The minimum absolute atomic E-state index is 0.0739. The van der Waals surface area contributed by atoms with Crippen LogP contribution < -0.4 is 5.32 Å². The number of rotatable bonds is 7. The number of aromatic nitrogens is 4. The molecule has 5 heterocycles. The van der Waals surface area contributed by atoms with E-state index in [1.54, 1.807) is 18.5 Å². The molecule has 1 amide bonds. The lowest BCUT2D eigenvalue weighted by atomic mass is 9.85. The number of thioether (sulfide) groups is 1. The normalized spacial score (nSPS) is 18.5. The quantitative estimate of drug-likeness (QED) is 0.146. The summed E-state index contributed by atoms with van der Waals surface area (Å²) in [4.78, 5) is 44.1. The second-order valence-corrected chi connectivity index (χ2v) is 18.5. The number of pyridine rings is 2.